The van der Waals surface area contributed by atoms with E-state index in [0.717, 1.165) is 17.9 Å². The third-order valence-electron chi connectivity index (χ3n) is 1.65. The van der Waals surface area contributed by atoms with Gasteiger partial charge in [0, 0.05) is 17.2 Å². The number of aromatic nitrogens is 1. The van der Waals surface area contributed by atoms with Crippen molar-refractivity contribution >= 4 is 11.8 Å². The van der Waals surface area contributed by atoms with Gasteiger partial charge in [0.2, 0.25) is 0 Å². The Labute approximate surface area is 78.6 Å². The van der Waals surface area contributed by atoms with Crippen molar-refractivity contribution in [3.8, 4) is 0 Å². The lowest BCUT2D eigenvalue weighted by atomic mass is 10.4. The lowest BCUT2D eigenvalue weighted by Crippen LogP contribution is -1.95. The molecule has 0 aliphatic carbocycles. The molecule has 0 aliphatic heterocycles. The summed E-state index contributed by atoms with van der Waals surface area (Å²) < 4.78 is 0. The number of hydrogen-bond acceptors (Lipinski definition) is 2. The Balaban J connectivity index is 2.33. The first-order chi connectivity index (χ1) is 5.83. The van der Waals surface area contributed by atoms with Crippen molar-refractivity contribution in [1.82, 2.24) is 4.98 Å². The summed E-state index contributed by atoms with van der Waals surface area (Å²) >= 11 is 1.86. The number of pyridine rings is 1. The van der Waals surface area contributed by atoms with Crippen LogP contribution in [0, 0.1) is 6.92 Å². The van der Waals surface area contributed by atoms with Crippen LogP contribution in [0.1, 0.15) is 19.0 Å². The van der Waals surface area contributed by atoms with E-state index in [4.69, 9.17) is 0 Å². The Morgan fingerprint density at radius 3 is 3.00 bits per heavy atom. The Hall–Kier alpha value is -0.500. The van der Waals surface area contributed by atoms with Crippen molar-refractivity contribution in [3.05, 3.63) is 37.0 Å². The maximum atomic E-state index is 4.24. The van der Waals surface area contributed by atoms with E-state index in [-0.39, 0.29) is 0 Å². The van der Waals surface area contributed by atoms with Crippen LogP contribution in [-0.4, -0.2) is 10.2 Å². The largest absolute Gasteiger partial charge is 0.260 e. The molecule has 0 aliphatic rings. The summed E-state index contributed by atoms with van der Waals surface area (Å²) in [5.41, 5.74) is 1.14. The molecular weight excluding hydrogens is 166 g/mol. The molecule has 0 fully saturated rings. The van der Waals surface area contributed by atoms with Crippen LogP contribution in [-0.2, 0) is 5.75 Å². The second kappa shape index (κ2) is 5.20. The highest BCUT2D eigenvalue weighted by molar-refractivity contribution is 7.99. The molecule has 1 heterocycles. The normalized spacial score (nSPS) is 12.8. The van der Waals surface area contributed by atoms with Gasteiger partial charge in [-0.1, -0.05) is 13.0 Å². The van der Waals surface area contributed by atoms with Gasteiger partial charge < -0.3 is 0 Å². The van der Waals surface area contributed by atoms with Crippen molar-refractivity contribution in [2.75, 3.05) is 0 Å². The summed E-state index contributed by atoms with van der Waals surface area (Å²) in [6, 6.07) is 6.01. The Bertz CT molecular complexity index is 210. The van der Waals surface area contributed by atoms with Crippen LogP contribution in [0.4, 0.5) is 0 Å². The van der Waals surface area contributed by atoms with Gasteiger partial charge in [-0.25, -0.2) is 0 Å². The van der Waals surface area contributed by atoms with Crippen molar-refractivity contribution in [3.63, 3.8) is 0 Å². The SMILES string of the molecule is [CH2]C(CC)SCc1ccccn1. The summed E-state index contributed by atoms with van der Waals surface area (Å²) in [5, 5.41) is 0.493. The van der Waals surface area contributed by atoms with E-state index >= 15 is 0 Å². The fourth-order valence-electron chi connectivity index (χ4n) is 0.805. The van der Waals surface area contributed by atoms with Crippen LogP contribution < -0.4 is 0 Å². The summed E-state index contributed by atoms with van der Waals surface area (Å²) in [6.07, 6.45) is 2.96. The maximum Gasteiger partial charge on any atom is 0.0502 e. The zero-order valence-corrected chi connectivity index (χ0v) is 8.18. The molecular formula is C10H14NS. The van der Waals surface area contributed by atoms with Crippen LogP contribution in [0.3, 0.4) is 0 Å². The van der Waals surface area contributed by atoms with Crippen molar-refractivity contribution in [1.29, 1.82) is 0 Å². The average molecular weight is 180 g/mol. The van der Waals surface area contributed by atoms with E-state index < -0.39 is 0 Å². The standard InChI is InChI=1S/C10H14NS/c1-3-9(2)12-8-10-6-4-5-7-11-10/h4-7,9H,2-3,8H2,1H3. The molecule has 0 amide bonds. The molecule has 65 valence electrons. The molecule has 2 heteroatoms. The smallest absolute Gasteiger partial charge is 0.0502 e. The van der Waals surface area contributed by atoms with E-state index in [1.165, 1.54) is 0 Å². The van der Waals surface area contributed by atoms with Gasteiger partial charge in [0.1, 0.15) is 0 Å². The van der Waals surface area contributed by atoms with Gasteiger partial charge in [-0.3, -0.25) is 4.98 Å². The van der Waals surface area contributed by atoms with Crippen LogP contribution in [0.15, 0.2) is 24.4 Å². The minimum absolute atomic E-state index is 0.493. The molecule has 1 rings (SSSR count). The highest BCUT2D eigenvalue weighted by Crippen LogP contribution is 2.17. The first-order valence-electron chi connectivity index (χ1n) is 4.17. The number of nitrogens with zero attached hydrogens (tertiary/aromatic N) is 1. The molecule has 0 N–H and O–H groups in total. The minimum Gasteiger partial charge on any atom is -0.260 e. The average Bonchev–Trinajstić information content (AvgIpc) is 2.16. The van der Waals surface area contributed by atoms with Gasteiger partial charge in [0.25, 0.3) is 0 Å². The predicted molar refractivity (Wildman–Crippen MR) is 55.0 cm³/mol. The summed E-state index contributed by atoms with van der Waals surface area (Å²) in [7, 11) is 0. The molecule has 1 aromatic rings. The van der Waals surface area contributed by atoms with E-state index in [1.54, 1.807) is 0 Å². The molecule has 0 spiro atoms. The summed E-state index contributed by atoms with van der Waals surface area (Å²) in [4.78, 5) is 4.24. The van der Waals surface area contributed by atoms with Gasteiger partial charge in [0.05, 0.1) is 5.69 Å². The molecule has 0 saturated carbocycles. The highest BCUT2D eigenvalue weighted by Gasteiger charge is 1.99. The van der Waals surface area contributed by atoms with Crippen LogP contribution in [0.2, 0.25) is 0 Å². The van der Waals surface area contributed by atoms with Gasteiger partial charge in [0.15, 0.2) is 0 Å². The van der Waals surface area contributed by atoms with E-state index in [2.05, 4.69) is 24.9 Å². The molecule has 1 nitrogen and oxygen atoms in total. The second-order valence-corrected chi connectivity index (χ2v) is 3.95. The molecule has 1 aromatic heterocycles. The molecule has 1 unspecified atom stereocenters. The number of thioether (sulfide) groups is 1. The zero-order valence-electron chi connectivity index (χ0n) is 7.36. The monoisotopic (exact) mass is 180 g/mol. The lowest BCUT2D eigenvalue weighted by molar-refractivity contribution is 0.971. The molecule has 0 bridgehead atoms. The maximum absolute atomic E-state index is 4.24. The minimum atomic E-state index is 0.493. The van der Waals surface area contributed by atoms with Gasteiger partial charge >= 0.3 is 0 Å². The van der Waals surface area contributed by atoms with Gasteiger partial charge in [-0.15, -0.1) is 0 Å². The molecule has 12 heavy (non-hydrogen) atoms. The summed E-state index contributed by atoms with van der Waals surface area (Å²) in [6.45, 7) is 6.16. The first kappa shape index (κ1) is 9.59. The number of hydrogen-bond donors (Lipinski definition) is 0. The Morgan fingerprint density at radius 1 is 1.58 bits per heavy atom. The molecule has 0 aromatic carbocycles. The number of rotatable bonds is 4. The third-order valence-corrected chi connectivity index (χ3v) is 2.92. The van der Waals surface area contributed by atoms with E-state index in [1.807, 2.05) is 30.1 Å². The van der Waals surface area contributed by atoms with Crippen molar-refractivity contribution in [2.24, 2.45) is 0 Å². The molecule has 0 saturated heterocycles. The molecule has 1 radical (unpaired) electrons. The summed E-state index contributed by atoms with van der Waals surface area (Å²) in [5.74, 6) is 0.975. The van der Waals surface area contributed by atoms with Gasteiger partial charge in [-0.2, -0.15) is 11.8 Å². The Kier molecular flexibility index (Phi) is 4.15. The zero-order chi connectivity index (χ0) is 8.81. The highest BCUT2D eigenvalue weighted by atomic mass is 32.2. The topological polar surface area (TPSA) is 12.9 Å². The second-order valence-electron chi connectivity index (χ2n) is 2.66. The van der Waals surface area contributed by atoms with E-state index in [0.29, 0.717) is 5.25 Å². The van der Waals surface area contributed by atoms with Crippen LogP contribution in [0.25, 0.3) is 0 Å². The fraction of sp³-hybridized carbons (Fsp3) is 0.400. The van der Waals surface area contributed by atoms with Crippen molar-refractivity contribution < 1.29 is 0 Å². The van der Waals surface area contributed by atoms with Crippen LogP contribution in [0.5, 0.6) is 0 Å². The lowest BCUT2D eigenvalue weighted by Gasteiger charge is -2.06. The Morgan fingerprint density at radius 2 is 2.42 bits per heavy atom. The van der Waals surface area contributed by atoms with Gasteiger partial charge in [-0.05, 0) is 25.5 Å². The van der Waals surface area contributed by atoms with Crippen LogP contribution >= 0.6 is 11.8 Å². The predicted octanol–water partition coefficient (Wildman–Crippen LogP) is 2.93. The molecule has 1 atom stereocenters. The van der Waals surface area contributed by atoms with Crippen molar-refractivity contribution in [2.45, 2.75) is 24.3 Å². The van der Waals surface area contributed by atoms with E-state index in [9.17, 15) is 0 Å². The third kappa shape index (κ3) is 3.26. The quantitative estimate of drug-likeness (QED) is 0.706. The fourth-order valence-corrected chi connectivity index (χ4v) is 1.62. The first-order valence-corrected chi connectivity index (χ1v) is 5.22.